The van der Waals surface area contributed by atoms with Crippen molar-refractivity contribution in [3.05, 3.63) is 83.7 Å². The SMILES string of the molecule is CC(C)CC(C(=O)O)c1cc(Oc2cccc(F)c2)cc(-c2ccc(C(F)(F)F)cc2)c1. The Morgan fingerprint density at radius 1 is 0.938 bits per heavy atom. The van der Waals surface area contributed by atoms with Crippen LogP contribution in [-0.2, 0) is 11.0 Å². The first-order valence-corrected chi connectivity index (χ1v) is 10.0. The minimum absolute atomic E-state index is 0.0958. The molecule has 3 rings (SSSR count). The van der Waals surface area contributed by atoms with Crippen molar-refractivity contribution in [1.29, 1.82) is 0 Å². The Kier molecular flexibility index (Phi) is 6.87. The monoisotopic (exact) mass is 446 g/mol. The fourth-order valence-electron chi connectivity index (χ4n) is 3.42. The van der Waals surface area contributed by atoms with Crippen molar-refractivity contribution in [3.8, 4) is 22.6 Å². The van der Waals surface area contributed by atoms with Gasteiger partial charge < -0.3 is 9.84 Å². The van der Waals surface area contributed by atoms with Gasteiger partial charge in [0.1, 0.15) is 17.3 Å². The van der Waals surface area contributed by atoms with E-state index in [1.807, 2.05) is 13.8 Å². The lowest BCUT2D eigenvalue weighted by Crippen LogP contribution is -2.14. The van der Waals surface area contributed by atoms with Gasteiger partial charge >= 0.3 is 12.1 Å². The first kappa shape index (κ1) is 23.3. The van der Waals surface area contributed by atoms with Crippen molar-refractivity contribution in [3.63, 3.8) is 0 Å². The van der Waals surface area contributed by atoms with Crippen LogP contribution >= 0.6 is 0 Å². The summed E-state index contributed by atoms with van der Waals surface area (Å²) in [5.41, 5.74) is 0.641. The highest BCUT2D eigenvalue weighted by molar-refractivity contribution is 5.78. The van der Waals surface area contributed by atoms with Gasteiger partial charge in [-0.2, -0.15) is 13.2 Å². The highest BCUT2D eigenvalue weighted by atomic mass is 19.4. The molecule has 0 amide bonds. The maximum absolute atomic E-state index is 13.6. The van der Waals surface area contributed by atoms with Crippen LogP contribution in [0.2, 0.25) is 0 Å². The molecule has 0 aliphatic rings. The van der Waals surface area contributed by atoms with E-state index in [2.05, 4.69) is 0 Å². The summed E-state index contributed by atoms with van der Waals surface area (Å²) in [7, 11) is 0. The Bertz CT molecular complexity index is 1090. The Balaban J connectivity index is 2.08. The number of benzene rings is 3. The van der Waals surface area contributed by atoms with Crippen LogP contribution in [0.15, 0.2) is 66.7 Å². The summed E-state index contributed by atoms with van der Waals surface area (Å²) < 4.78 is 58.1. The van der Waals surface area contributed by atoms with Gasteiger partial charge in [0.15, 0.2) is 0 Å². The Morgan fingerprint density at radius 3 is 2.19 bits per heavy atom. The minimum Gasteiger partial charge on any atom is -0.481 e. The average Bonchev–Trinajstić information content (AvgIpc) is 2.71. The molecule has 0 bridgehead atoms. The summed E-state index contributed by atoms with van der Waals surface area (Å²) >= 11 is 0. The number of hydrogen-bond donors (Lipinski definition) is 1. The van der Waals surface area contributed by atoms with Crippen LogP contribution in [-0.4, -0.2) is 11.1 Å². The Morgan fingerprint density at radius 2 is 1.62 bits per heavy atom. The summed E-state index contributed by atoms with van der Waals surface area (Å²) in [6, 6.07) is 14.9. The smallest absolute Gasteiger partial charge is 0.416 e. The van der Waals surface area contributed by atoms with Gasteiger partial charge in [-0.3, -0.25) is 4.79 Å². The van der Waals surface area contributed by atoms with Gasteiger partial charge in [-0.15, -0.1) is 0 Å². The molecule has 1 N–H and O–H groups in total. The lowest BCUT2D eigenvalue weighted by Gasteiger charge is -2.18. The molecule has 7 heteroatoms. The number of aliphatic carboxylic acids is 1. The van der Waals surface area contributed by atoms with E-state index in [0.29, 0.717) is 23.1 Å². The molecule has 0 saturated carbocycles. The summed E-state index contributed by atoms with van der Waals surface area (Å²) in [6.07, 6.45) is -4.09. The lowest BCUT2D eigenvalue weighted by molar-refractivity contribution is -0.139. The van der Waals surface area contributed by atoms with Gasteiger partial charge in [-0.25, -0.2) is 4.39 Å². The predicted molar refractivity (Wildman–Crippen MR) is 113 cm³/mol. The molecule has 1 atom stereocenters. The van der Waals surface area contributed by atoms with Crippen molar-refractivity contribution in [2.75, 3.05) is 0 Å². The average molecular weight is 446 g/mol. The molecule has 0 aliphatic carbocycles. The number of ether oxygens (including phenoxy) is 1. The molecular weight excluding hydrogens is 424 g/mol. The molecule has 3 aromatic carbocycles. The molecule has 32 heavy (non-hydrogen) atoms. The molecule has 168 valence electrons. The molecular formula is C25H22F4O3. The maximum Gasteiger partial charge on any atom is 0.416 e. The van der Waals surface area contributed by atoms with E-state index >= 15 is 0 Å². The van der Waals surface area contributed by atoms with E-state index in [-0.39, 0.29) is 17.4 Å². The minimum atomic E-state index is -4.46. The number of carboxylic acid groups (broad SMARTS) is 1. The fraction of sp³-hybridized carbons (Fsp3) is 0.240. The highest BCUT2D eigenvalue weighted by Gasteiger charge is 2.30. The van der Waals surface area contributed by atoms with Crippen LogP contribution in [0, 0.1) is 11.7 Å². The van der Waals surface area contributed by atoms with Gasteiger partial charge in [-0.1, -0.05) is 38.1 Å². The highest BCUT2D eigenvalue weighted by Crippen LogP contribution is 2.36. The van der Waals surface area contributed by atoms with Gasteiger partial charge in [-0.05, 0) is 65.4 Å². The fourth-order valence-corrected chi connectivity index (χ4v) is 3.42. The van der Waals surface area contributed by atoms with Crippen molar-refractivity contribution in [2.45, 2.75) is 32.4 Å². The van der Waals surface area contributed by atoms with Crippen molar-refractivity contribution in [1.82, 2.24) is 0 Å². The van der Waals surface area contributed by atoms with Gasteiger partial charge in [0.05, 0.1) is 11.5 Å². The third-order valence-electron chi connectivity index (χ3n) is 4.91. The molecule has 0 spiro atoms. The van der Waals surface area contributed by atoms with Crippen LogP contribution in [0.4, 0.5) is 17.6 Å². The number of alkyl halides is 3. The van der Waals surface area contributed by atoms with E-state index in [0.717, 1.165) is 12.1 Å². The zero-order valence-electron chi connectivity index (χ0n) is 17.5. The molecule has 0 heterocycles. The second kappa shape index (κ2) is 9.42. The Hall–Kier alpha value is -3.35. The standard InChI is InChI=1S/C25H22F4O3/c1-15(2)10-23(24(30)31)18-11-17(16-6-8-19(9-7-16)25(27,28)29)12-22(13-18)32-21-5-3-4-20(26)14-21/h3-9,11-15,23H,10H2,1-2H3,(H,30,31). The number of halogens is 4. The molecule has 0 radical (unpaired) electrons. The van der Waals surface area contributed by atoms with E-state index in [4.69, 9.17) is 4.74 Å². The summed E-state index contributed by atoms with van der Waals surface area (Å²) in [4.78, 5) is 11.9. The number of hydrogen-bond acceptors (Lipinski definition) is 2. The first-order valence-electron chi connectivity index (χ1n) is 10.0. The summed E-state index contributed by atoms with van der Waals surface area (Å²) in [6.45, 7) is 3.81. The van der Waals surface area contributed by atoms with Crippen LogP contribution in [0.3, 0.4) is 0 Å². The van der Waals surface area contributed by atoms with Gasteiger partial charge in [0.2, 0.25) is 0 Å². The molecule has 3 nitrogen and oxygen atoms in total. The zero-order chi connectivity index (χ0) is 23.5. The van der Waals surface area contributed by atoms with Crippen LogP contribution in [0.5, 0.6) is 11.5 Å². The summed E-state index contributed by atoms with van der Waals surface area (Å²) in [5, 5.41) is 9.76. The topological polar surface area (TPSA) is 46.5 Å². The largest absolute Gasteiger partial charge is 0.481 e. The van der Waals surface area contributed by atoms with Crippen molar-refractivity contribution in [2.24, 2.45) is 5.92 Å². The van der Waals surface area contributed by atoms with Crippen LogP contribution < -0.4 is 4.74 Å². The predicted octanol–water partition coefficient (Wildman–Crippen LogP) is 7.52. The normalized spacial score (nSPS) is 12.6. The molecule has 0 aliphatic heterocycles. The van der Waals surface area contributed by atoms with Crippen LogP contribution in [0.1, 0.15) is 37.3 Å². The van der Waals surface area contributed by atoms with E-state index < -0.39 is 29.4 Å². The molecule has 0 fully saturated rings. The third kappa shape index (κ3) is 5.87. The lowest BCUT2D eigenvalue weighted by atomic mass is 9.88. The van der Waals surface area contributed by atoms with E-state index in [9.17, 15) is 27.5 Å². The Labute approximate surface area is 183 Å². The van der Waals surface area contributed by atoms with E-state index in [1.165, 1.54) is 30.3 Å². The summed E-state index contributed by atoms with van der Waals surface area (Å²) in [5.74, 6) is -1.77. The number of rotatable bonds is 7. The van der Waals surface area contributed by atoms with Gasteiger partial charge in [0, 0.05) is 6.07 Å². The quantitative estimate of drug-likeness (QED) is 0.382. The second-order valence-corrected chi connectivity index (χ2v) is 7.95. The molecule has 0 saturated heterocycles. The first-order chi connectivity index (χ1) is 15.0. The van der Waals surface area contributed by atoms with Crippen LogP contribution in [0.25, 0.3) is 11.1 Å². The zero-order valence-corrected chi connectivity index (χ0v) is 17.5. The molecule has 3 aromatic rings. The molecule has 0 aromatic heterocycles. The second-order valence-electron chi connectivity index (χ2n) is 7.95. The van der Waals surface area contributed by atoms with E-state index in [1.54, 1.807) is 24.3 Å². The number of carbonyl (C=O) groups is 1. The van der Waals surface area contributed by atoms with Crippen molar-refractivity contribution >= 4 is 5.97 Å². The van der Waals surface area contributed by atoms with Crippen molar-refractivity contribution < 1.29 is 32.2 Å². The maximum atomic E-state index is 13.6. The third-order valence-corrected chi connectivity index (χ3v) is 4.91. The van der Waals surface area contributed by atoms with Gasteiger partial charge in [0.25, 0.3) is 0 Å². The number of carboxylic acids is 1. The molecule has 1 unspecified atom stereocenters.